The standard InChI is InChI=1S/C16H30N2O2/c1-12(2)11-18(13-6-4-5-7-13)14-8-9-16(10-14,17-3)15(19)20/h12-14,17H,4-11H2,1-3H3,(H,19,20). The molecule has 2 atom stereocenters. The minimum absolute atomic E-state index is 0.434. The predicted molar refractivity (Wildman–Crippen MR) is 80.9 cm³/mol. The summed E-state index contributed by atoms with van der Waals surface area (Å²) in [5.41, 5.74) is -0.696. The van der Waals surface area contributed by atoms with Crippen molar-refractivity contribution in [1.82, 2.24) is 10.2 Å². The number of nitrogens with zero attached hydrogens (tertiary/aromatic N) is 1. The van der Waals surface area contributed by atoms with Gasteiger partial charge in [-0.3, -0.25) is 9.69 Å². The highest BCUT2D eigenvalue weighted by Crippen LogP contribution is 2.37. The molecule has 2 fully saturated rings. The zero-order chi connectivity index (χ0) is 14.8. The summed E-state index contributed by atoms with van der Waals surface area (Å²) in [5.74, 6) is -0.0385. The molecule has 0 aliphatic heterocycles. The molecule has 0 saturated heterocycles. The van der Waals surface area contributed by atoms with Crippen molar-refractivity contribution < 1.29 is 9.90 Å². The molecule has 2 rings (SSSR count). The summed E-state index contributed by atoms with van der Waals surface area (Å²) in [4.78, 5) is 14.2. The molecular weight excluding hydrogens is 252 g/mol. The number of rotatable bonds is 6. The first kappa shape index (κ1) is 15.8. The van der Waals surface area contributed by atoms with E-state index in [4.69, 9.17) is 0 Å². The fourth-order valence-corrected chi connectivity index (χ4v) is 4.08. The van der Waals surface area contributed by atoms with Crippen molar-refractivity contribution >= 4 is 5.97 Å². The smallest absolute Gasteiger partial charge is 0.323 e. The van der Waals surface area contributed by atoms with E-state index in [1.165, 1.54) is 25.7 Å². The first-order chi connectivity index (χ1) is 9.48. The molecule has 0 aromatic carbocycles. The van der Waals surface area contributed by atoms with Crippen LogP contribution in [-0.4, -0.2) is 47.2 Å². The Morgan fingerprint density at radius 1 is 1.30 bits per heavy atom. The molecular formula is C16H30N2O2. The van der Waals surface area contributed by atoms with E-state index >= 15 is 0 Å². The average molecular weight is 282 g/mol. The third kappa shape index (κ3) is 3.17. The highest BCUT2D eigenvalue weighted by atomic mass is 16.4. The summed E-state index contributed by atoms with van der Waals surface area (Å²) in [6, 6.07) is 1.12. The second kappa shape index (κ2) is 6.44. The van der Waals surface area contributed by atoms with E-state index in [1.54, 1.807) is 7.05 Å². The van der Waals surface area contributed by atoms with Gasteiger partial charge in [0.15, 0.2) is 0 Å². The summed E-state index contributed by atoms with van der Waals surface area (Å²) >= 11 is 0. The molecule has 0 aromatic heterocycles. The zero-order valence-corrected chi connectivity index (χ0v) is 13.2. The van der Waals surface area contributed by atoms with Crippen molar-refractivity contribution in [3.05, 3.63) is 0 Å². The lowest BCUT2D eigenvalue weighted by molar-refractivity contribution is -0.144. The van der Waals surface area contributed by atoms with E-state index in [-0.39, 0.29) is 0 Å². The Kier molecular flexibility index (Phi) is 5.08. The number of carboxylic acids is 1. The van der Waals surface area contributed by atoms with Crippen molar-refractivity contribution in [2.45, 2.75) is 76.4 Å². The number of hydrogen-bond acceptors (Lipinski definition) is 3. The Hall–Kier alpha value is -0.610. The molecule has 2 unspecified atom stereocenters. The largest absolute Gasteiger partial charge is 0.480 e. The fraction of sp³-hybridized carbons (Fsp3) is 0.938. The molecule has 116 valence electrons. The van der Waals surface area contributed by atoms with Crippen LogP contribution in [-0.2, 0) is 4.79 Å². The monoisotopic (exact) mass is 282 g/mol. The van der Waals surface area contributed by atoms with Crippen molar-refractivity contribution in [2.75, 3.05) is 13.6 Å². The van der Waals surface area contributed by atoms with Crippen molar-refractivity contribution in [3.8, 4) is 0 Å². The highest BCUT2D eigenvalue weighted by Gasteiger charge is 2.47. The Balaban J connectivity index is 2.08. The molecule has 2 N–H and O–H groups in total. The summed E-state index contributed by atoms with van der Waals surface area (Å²) in [7, 11) is 1.79. The number of nitrogens with one attached hydrogen (secondary N) is 1. The normalized spacial score (nSPS) is 31.6. The summed E-state index contributed by atoms with van der Waals surface area (Å²) in [5, 5.41) is 12.6. The SMILES string of the molecule is CNC1(C(=O)O)CCC(N(CC(C)C)C2CCCC2)C1. The van der Waals surface area contributed by atoms with Gasteiger partial charge in [-0.25, -0.2) is 0 Å². The van der Waals surface area contributed by atoms with E-state index in [1.807, 2.05) is 0 Å². The number of carboxylic acid groups (broad SMARTS) is 1. The van der Waals surface area contributed by atoms with Crippen LogP contribution in [0.3, 0.4) is 0 Å². The van der Waals surface area contributed by atoms with Crippen LogP contribution >= 0.6 is 0 Å². The van der Waals surface area contributed by atoms with Gasteiger partial charge in [0.05, 0.1) is 0 Å². The second-order valence-corrected chi connectivity index (χ2v) is 7.06. The summed E-state index contributed by atoms with van der Waals surface area (Å²) < 4.78 is 0. The van der Waals surface area contributed by atoms with Crippen LogP contribution in [0.5, 0.6) is 0 Å². The average Bonchev–Trinajstić information content (AvgIpc) is 3.06. The van der Waals surface area contributed by atoms with Crippen LogP contribution in [0.2, 0.25) is 0 Å². The maximum absolute atomic E-state index is 11.6. The maximum Gasteiger partial charge on any atom is 0.323 e. The zero-order valence-electron chi connectivity index (χ0n) is 13.2. The molecule has 0 heterocycles. The molecule has 4 heteroatoms. The van der Waals surface area contributed by atoms with E-state index in [9.17, 15) is 9.90 Å². The molecule has 0 aromatic rings. The number of aliphatic carboxylic acids is 1. The lowest BCUT2D eigenvalue weighted by Gasteiger charge is -2.36. The first-order valence-electron chi connectivity index (χ1n) is 8.16. The van der Waals surface area contributed by atoms with Crippen molar-refractivity contribution in [2.24, 2.45) is 5.92 Å². The number of carbonyl (C=O) groups is 1. The van der Waals surface area contributed by atoms with Gasteiger partial charge in [0, 0.05) is 18.6 Å². The predicted octanol–water partition coefficient (Wildman–Crippen LogP) is 2.48. The van der Waals surface area contributed by atoms with E-state index in [0.717, 1.165) is 25.8 Å². The van der Waals surface area contributed by atoms with E-state index in [2.05, 4.69) is 24.1 Å². The fourth-order valence-electron chi connectivity index (χ4n) is 4.08. The van der Waals surface area contributed by atoms with Crippen LogP contribution in [0.15, 0.2) is 0 Å². The van der Waals surface area contributed by atoms with Gasteiger partial charge in [-0.05, 0) is 45.1 Å². The molecule has 4 nitrogen and oxygen atoms in total. The van der Waals surface area contributed by atoms with Gasteiger partial charge in [0.25, 0.3) is 0 Å². The molecule has 0 radical (unpaired) electrons. The number of likely N-dealkylation sites (N-methyl/N-ethyl adjacent to an activating group) is 1. The van der Waals surface area contributed by atoms with Crippen LogP contribution in [0.4, 0.5) is 0 Å². The Morgan fingerprint density at radius 2 is 1.95 bits per heavy atom. The topological polar surface area (TPSA) is 52.6 Å². The quantitative estimate of drug-likeness (QED) is 0.786. The number of hydrogen-bond donors (Lipinski definition) is 2. The van der Waals surface area contributed by atoms with Gasteiger partial charge < -0.3 is 10.4 Å². The first-order valence-corrected chi connectivity index (χ1v) is 8.16. The Morgan fingerprint density at radius 3 is 2.40 bits per heavy atom. The van der Waals surface area contributed by atoms with Gasteiger partial charge in [0.1, 0.15) is 5.54 Å². The summed E-state index contributed by atoms with van der Waals surface area (Å²) in [6.07, 6.45) is 7.78. The van der Waals surface area contributed by atoms with Gasteiger partial charge in [-0.1, -0.05) is 26.7 Å². The Bertz CT molecular complexity index is 339. The van der Waals surface area contributed by atoms with Gasteiger partial charge in [0.2, 0.25) is 0 Å². The molecule has 2 saturated carbocycles. The Labute approximate surface area is 122 Å². The second-order valence-electron chi connectivity index (χ2n) is 7.06. The minimum Gasteiger partial charge on any atom is -0.480 e. The molecule has 2 aliphatic carbocycles. The summed E-state index contributed by atoms with van der Waals surface area (Å²) in [6.45, 7) is 5.63. The minimum atomic E-state index is -0.696. The van der Waals surface area contributed by atoms with E-state index < -0.39 is 11.5 Å². The molecule has 20 heavy (non-hydrogen) atoms. The molecule has 0 amide bonds. The maximum atomic E-state index is 11.6. The van der Waals surface area contributed by atoms with Crippen LogP contribution in [0.25, 0.3) is 0 Å². The molecule has 0 bridgehead atoms. The van der Waals surface area contributed by atoms with Gasteiger partial charge >= 0.3 is 5.97 Å². The van der Waals surface area contributed by atoms with Crippen molar-refractivity contribution in [1.29, 1.82) is 0 Å². The molecule has 0 spiro atoms. The van der Waals surface area contributed by atoms with Gasteiger partial charge in [-0.15, -0.1) is 0 Å². The lowest BCUT2D eigenvalue weighted by Crippen LogP contribution is -2.51. The third-order valence-electron chi connectivity index (χ3n) is 5.22. The molecule has 2 aliphatic rings. The highest BCUT2D eigenvalue weighted by molar-refractivity contribution is 5.79. The third-order valence-corrected chi connectivity index (χ3v) is 5.22. The van der Waals surface area contributed by atoms with E-state index in [0.29, 0.717) is 18.0 Å². The van der Waals surface area contributed by atoms with Gasteiger partial charge in [-0.2, -0.15) is 0 Å². The van der Waals surface area contributed by atoms with Crippen LogP contribution in [0.1, 0.15) is 58.8 Å². The lowest BCUT2D eigenvalue weighted by atomic mass is 9.97. The van der Waals surface area contributed by atoms with Crippen LogP contribution < -0.4 is 5.32 Å². The van der Waals surface area contributed by atoms with Crippen molar-refractivity contribution in [3.63, 3.8) is 0 Å². The van der Waals surface area contributed by atoms with Crippen LogP contribution in [0, 0.1) is 5.92 Å².